The SMILES string of the molecule is CCCCCCCCOc1cccc(NC(=O)c2sccc2C)c1. The predicted octanol–water partition coefficient (Wildman–Crippen LogP) is 6.05. The fourth-order valence-electron chi connectivity index (χ4n) is 2.53. The third-order valence-electron chi connectivity index (χ3n) is 3.93. The van der Waals surface area contributed by atoms with Gasteiger partial charge in [-0.3, -0.25) is 4.79 Å². The lowest BCUT2D eigenvalue weighted by atomic mass is 10.1. The minimum atomic E-state index is -0.0597. The number of ether oxygens (including phenoxy) is 1. The van der Waals surface area contributed by atoms with E-state index in [9.17, 15) is 4.79 Å². The van der Waals surface area contributed by atoms with Crippen molar-refractivity contribution in [2.45, 2.75) is 52.4 Å². The van der Waals surface area contributed by atoms with Gasteiger partial charge in [0, 0.05) is 11.8 Å². The maximum absolute atomic E-state index is 12.3. The van der Waals surface area contributed by atoms with Gasteiger partial charge in [-0.1, -0.05) is 45.1 Å². The van der Waals surface area contributed by atoms with Crippen LogP contribution in [-0.4, -0.2) is 12.5 Å². The summed E-state index contributed by atoms with van der Waals surface area (Å²) in [5.41, 5.74) is 1.78. The average Bonchev–Trinajstić information content (AvgIpc) is 3.00. The van der Waals surface area contributed by atoms with Crippen LogP contribution >= 0.6 is 11.3 Å². The van der Waals surface area contributed by atoms with Gasteiger partial charge >= 0.3 is 0 Å². The van der Waals surface area contributed by atoms with Crippen LogP contribution in [0.4, 0.5) is 5.69 Å². The van der Waals surface area contributed by atoms with Crippen molar-refractivity contribution in [1.29, 1.82) is 0 Å². The summed E-state index contributed by atoms with van der Waals surface area (Å²) in [6.45, 7) is 4.91. The van der Waals surface area contributed by atoms with Gasteiger partial charge in [-0.25, -0.2) is 0 Å². The molecule has 1 amide bonds. The number of nitrogens with one attached hydrogen (secondary N) is 1. The monoisotopic (exact) mass is 345 g/mol. The molecule has 1 N–H and O–H groups in total. The van der Waals surface area contributed by atoms with Crippen LogP contribution in [0.5, 0.6) is 5.75 Å². The van der Waals surface area contributed by atoms with E-state index in [0.29, 0.717) is 0 Å². The Bertz CT molecular complexity index is 636. The van der Waals surface area contributed by atoms with E-state index >= 15 is 0 Å². The highest BCUT2D eigenvalue weighted by molar-refractivity contribution is 7.12. The van der Waals surface area contributed by atoms with Gasteiger partial charge in [0.1, 0.15) is 5.75 Å². The molecule has 2 aromatic rings. The lowest BCUT2D eigenvalue weighted by Gasteiger charge is -2.09. The zero-order chi connectivity index (χ0) is 17.2. The first-order valence-corrected chi connectivity index (χ1v) is 9.67. The maximum Gasteiger partial charge on any atom is 0.265 e. The lowest BCUT2D eigenvalue weighted by Crippen LogP contribution is -2.11. The van der Waals surface area contributed by atoms with Crippen molar-refractivity contribution in [3.8, 4) is 5.75 Å². The molecule has 0 saturated heterocycles. The van der Waals surface area contributed by atoms with Crippen LogP contribution in [-0.2, 0) is 0 Å². The Hall–Kier alpha value is -1.81. The largest absolute Gasteiger partial charge is 0.494 e. The molecule has 0 fully saturated rings. The Morgan fingerprint density at radius 3 is 2.67 bits per heavy atom. The van der Waals surface area contributed by atoms with Crippen molar-refractivity contribution in [1.82, 2.24) is 0 Å². The highest BCUT2D eigenvalue weighted by Crippen LogP contribution is 2.21. The summed E-state index contributed by atoms with van der Waals surface area (Å²) < 4.78 is 5.80. The van der Waals surface area contributed by atoms with E-state index < -0.39 is 0 Å². The number of benzene rings is 1. The zero-order valence-electron chi connectivity index (χ0n) is 14.6. The number of unbranched alkanes of at least 4 members (excludes halogenated alkanes) is 5. The summed E-state index contributed by atoms with van der Waals surface area (Å²) in [4.78, 5) is 13.0. The zero-order valence-corrected chi connectivity index (χ0v) is 15.5. The summed E-state index contributed by atoms with van der Waals surface area (Å²) in [5.74, 6) is 0.750. The quantitative estimate of drug-likeness (QED) is 0.532. The van der Waals surface area contributed by atoms with E-state index in [0.717, 1.165) is 34.9 Å². The molecule has 4 heteroatoms. The second-order valence-electron chi connectivity index (χ2n) is 6.03. The van der Waals surface area contributed by atoms with Crippen LogP contribution < -0.4 is 10.1 Å². The van der Waals surface area contributed by atoms with E-state index in [4.69, 9.17) is 4.74 Å². The number of hydrogen-bond acceptors (Lipinski definition) is 3. The number of hydrogen-bond donors (Lipinski definition) is 1. The van der Waals surface area contributed by atoms with E-state index in [1.165, 1.54) is 43.4 Å². The van der Waals surface area contributed by atoms with Crippen molar-refractivity contribution in [2.24, 2.45) is 0 Å². The van der Waals surface area contributed by atoms with Crippen LogP contribution in [0.1, 0.15) is 60.7 Å². The molecule has 0 aliphatic heterocycles. The molecule has 0 bridgehead atoms. The second kappa shape index (κ2) is 10.1. The van der Waals surface area contributed by atoms with Gasteiger partial charge in [0.2, 0.25) is 0 Å². The van der Waals surface area contributed by atoms with Crippen molar-refractivity contribution < 1.29 is 9.53 Å². The van der Waals surface area contributed by atoms with Gasteiger partial charge in [-0.05, 0) is 42.5 Å². The number of rotatable bonds is 10. The van der Waals surface area contributed by atoms with Gasteiger partial charge in [0.25, 0.3) is 5.91 Å². The molecule has 0 aliphatic carbocycles. The number of thiophene rings is 1. The van der Waals surface area contributed by atoms with Gasteiger partial charge in [0.05, 0.1) is 11.5 Å². The highest BCUT2D eigenvalue weighted by Gasteiger charge is 2.10. The molecule has 0 spiro atoms. The van der Waals surface area contributed by atoms with E-state index in [1.54, 1.807) is 0 Å². The molecule has 1 aromatic carbocycles. The molecule has 0 atom stereocenters. The van der Waals surface area contributed by atoms with E-state index in [1.807, 2.05) is 42.6 Å². The van der Waals surface area contributed by atoms with Gasteiger partial charge in [-0.2, -0.15) is 0 Å². The Kier molecular flexibility index (Phi) is 7.83. The molecule has 3 nitrogen and oxygen atoms in total. The Balaban J connectivity index is 1.77. The maximum atomic E-state index is 12.3. The summed E-state index contributed by atoms with van der Waals surface area (Å²) in [6, 6.07) is 9.58. The van der Waals surface area contributed by atoms with Gasteiger partial charge in [0.15, 0.2) is 0 Å². The standard InChI is InChI=1S/C20H27NO2S/c1-3-4-5-6-7-8-13-23-18-11-9-10-17(15-18)21-20(22)19-16(2)12-14-24-19/h9-12,14-15H,3-8,13H2,1-2H3,(H,21,22). The first-order chi connectivity index (χ1) is 11.7. The van der Waals surface area contributed by atoms with E-state index in [-0.39, 0.29) is 5.91 Å². The molecule has 2 rings (SSSR count). The van der Waals surface area contributed by atoms with Crippen LogP contribution in [0.2, 0.25) is 0 Å². The second-order valence-corrected chi connectivity index (χ2v) is 6.95. The van der Waals surface area contributed by atoms with Crippen LogP contribution in [0.15, 0.2) is 35.7 Å². The molecule has 0 unspecified atom stereocenters. The van der Waals surface area contributed by atoms with Crippen molar-refractivity contribution in [2.75, 3.05) is 11.9 Å². The van der Waals surface area contributed by atoms with E-state index in [2.05, 4.69) is 12.2 Å². The molecule has 0 aliphatic rings. The first kappa shape index (κ1) is 18.5. The topological polar surface area (TPSA) is 38.3 Å². The van der Waals surface area contributed by atoms with Crippen LogP contribution in [0, 0.1) is 6.92 Å². The van der Waals surface area contributed by atoms with Crippen molar-refractivity contribution in [3.63, 3.8) is 0 Å². The summed E-state index contributed by atoms with van der Waals surface area (Å²) in [5, 5.41) is 4.88. The predicted molar refractivity (Wildman–Crippen MR) is 102 cm³/mol. The van der Waals surface area contributed by atoms with Crippen molar-refractivity contribution in [3.05, 3.63) is 46.2 Å². The fourth-order valence-corrected chi connectivity index (χ4v) is 3.35. The van der Waals surface area contributed by atoms with Crippen LogP contribution in [0.25, 0.3) is 0 Å². The average molecular weight is 346 g/mol. The third kappa shape index (κ3) is 6.00. The summed E-state index contributed by atoms with van der Waals surface area (Å²) >= 11 is 1.46. The minimum absolute atomic E-state index is 0.0597. The smallest absolute Gasteiger partial charge is 0.265 e. The Labute approximate surface area is 149 Å². The number of carbonyl (C=O) groups is 1. The molecule has 1 heterocycles. The molecule has 24 heavy (non-hydrogen) atoms. The third-order valence-corrected chi connectivity index (χ3v) is 4.94. The molecular formula is C20H27NO2S. The molecule has 0 saturated carbocycles. The number of amides is 1. The Morgan fingerprint density at radius 1 is 1.12 bits per heavy atom. The summed E-state index contributed by atoms with van der Waals surface area (Å²) in [6.07, 6.45) is 7.50. The van der Waals surface area contributed by atoms with Crippen molar-refractivity contribution >= 4 is 22.9 Å². The molecule has 130 valence electrons. The first-order valence-electron chi connectivity index (χ1n) is 8.79. The van der Waals surface area contributed by atoms with Crippen LogP contribution in [0.3, 0.4) is 0 Å². The number of carbonyl (C=O) groups excluding carboxylic acids is 1. The Morgan fingerprint density at radius 2 is 1.92 bits per heavy atom. The normalized spacial score (nSPS) is 10.6. The number of anilines is 1. The fraction of sp³-hybridized carbons (Fsp3) is 0.450. The summed E-state index contributed by atoms with van der Waals surface area (Å²) in [7, 11) is 0. The van der Waals surface area contributed by atoms with Gasteiger partial charge < -0.3 is 10.1 Å². The molecule has 0 radical (unpaired) electrons. The highest BCUT2D eigenvalue weighted by atomic mass is 32.1. The molecular weight excluding hydrogens is 318 g/mol. The lowest BCUT2D eigenvalue weighted by molar-refractivity contribution is 0.103. The molecule has 1 aromatic heterocycles. The minimum Gasteiger partial charge on any atom is -0.494 e. The number of aryl methyl sites for hydroxylation is 1. The van der Waals surface area contributed by atoms with Gasteiger partial charge in [-0.15, -0.1) is 11.3 Å².